The normalized spacial score (nSPS) is 10.8. The number of carbonyl (C=O) groups excluding carboxylic acids is 1. The summed E-state index contributed by atoms with van der Waals surface area (Å²) in [6.07, 6.45) is 1.08. The maximum atomic E-state index is 11.9. The summed E-state index contributed by atoms with van der Waals surface area (Å²) in [5.41, 5.74) is 2.69. The van der Waals surface area contributed by atoms with E-state index in [4.69, 9.17) is 0 Å². The van der Waals surface area contributed by atoms with Crippen molar-refractivity contribution in [2.75, 3.05) is 21.6 Å². The van der Waals surface area contributed by atoms with Crippen LogP contribution in [0.4, 0.5) is 21.9 Å². The van der Waals surface area contributed by atoms with Crippen LogP contribution in [-0.4, -0.2) is 20.7 Å². The van der Waals surface area contributed by atoms with Crippen LogP contribution in [0.3, 0.4) is 0 Å². The monoisotopic (exact) mass is 319 g/mol. The summed E-state index contributed by atoms with van der Waals surface area (Å²) in [6.45, 7) is 1.90. The van der Waals surface area contributed by atoms with E-state index in [9.17, 15) is 13.2 Å². The molecule has 116 valence electrons. The molecule has 2 rings (SSSR count). The maximum Gasteiger partial charge on any atom is 0.323 e. The molecule has 7 heteroatoms. The van der Waals surface area contributed by atoms with Crippen molar-refractivity contribution in [2.45, 2.75) is 6.92 Å². The zero-order valence-electron chi connectivity index (χ0n) is 12.3. The van der Waals surface area contributed by atoms with Gasteiger partial charge in [0, 0.05) is 17.1 Å². The van der Waals surface area contributed by atoms with Gasteiger partial charge in [-0.3, -0.25) is 4.72 Å². The van der Waals surface area contributed by atoms with E-state index in [1.807, 2.05) is 31.2 Å². The standard InChI is InChI=1S/C15H17N3O3S/c1-11-5-3-4-6-14(11)17-15(19)16-12-7-9-13(10-8-12)18-22(2,20)21/h3-10,18H,1-2H3,(H2,16,17,19). The summed E-state index contributed by atoms with van der Waals surface area (Å²) >= 11 is 0. The Hall–Kier alpha value is -2.54. The predicted molar refractivity (Wildman–Crippen MR) is 88.7 cm³/mol. The van der Waals surface area contributed by atoms with Gasteiger partial charge in [0.1, 0.15) is 0 Å². The zero-order chi connectivity index (χ0) is 16.2. The Bertz CT molecular complexity index is 771. The predicted octanol–water partition coefficient (Wildman–Crippen LogP) is 3.01. The van der Waals surface area contributed by atoms with Crippen molar-refractivity contribution in [2.24, 2.45) is 0 Å². The highest BCUT2D eigenvalue weighted by molar-refractivity contribution is 7.92. The number of urea groups is 1. The fourth-order valence-electron chi connectivity index (χ4n) is 1.83. The van der Waals surface area contributed by atoms with Crippen LogP contribution in [0.15, 0.2) is 48.5 Å². The van der Waals surface area contributed by atoms with Gasteiger partial charge >= 0.3 is 6.03 Å². The van der Waals surface area contributed by atoms with Crippen molar-refractivity contribution in [1.29, 1.82) is 0 Å². The van der Waals surface area contributed by atoms with Crippen LogP contribution in [0.25, 0.3) is 0 Å². The topological polar surface area (TPSA) is 87.3 Å². The highest BCUT2D eigenvalue weighted by atomic mass is 32.2. The van der Waals surface area contributed by atoms with Gasteiger partial charge in [0.2, 0.25) is 10.0 Å². The van der Waals surface area contributed by atoms with Gasteiger partial charge in [-0.1, -0.05) is 18.2 Å². The molecular formula is C15H17N3O3S. The van der Waals surface area contributed by atoms with Gasteiger partial charge in [0.05, 0.1) is 6.26 Å². The molecule has 2 aromatic carbocycles. The molecule has 0 spiro atoms. The fraction of sp³-hybridized carbons (Fsp3) is 0.133. The van der Waals surface area contributed by atoms with Gasteiger partial charge in [-0.15, -0.1) is 0 Å². The molecule has 0 fully saturated rings. The molecule has 3 N–H and O–H groups in total. The van der Waals surface area contributed by atoms with E-state index in [1.54, 1.807) is 24.3 Å². The number of amides is 2. The number of rotatable bonds is 4. The minimum atomic E-state index is -3.31. The highest BCUT2D eigenvalue weighted by Gasteiger charge is 2.05. The van der Waals surface area contributed by atoms with Crippen molar-refractivity contribution in [1.82, 2.24) is 0 Å². The summed E-state index contributed by atoms with van der Waals surface area (Å²) in [4.78, 5) is 11.9. The molecule has 0 unspecified atom stereocenters. The second-order valence-corrected chi connectivity index (χ2v) is 6.59. The van der Waals surface area contributed by atoms with Crippen molar-refractivity contribution < 1.29 is 13.2 Å². The second kappa shape index (κ2) is 6.48. The summed E-state index contributed by atoms with van der Waals surface area (Å²) < 4.78 is 24.6. The molecular weight excluding hydrogens is 302 g/mol. The minimum Gasteiger partial charge on any atom is -0.308 e. The minimum absolute atomic E-state index is 0.363. The average Bonchev–Trinajstić information content (AvgIpc) is 2.42. The Morgan fingerprint density at radius 3 is 2.09 bits per heavy atom. The summed E-state index contributed by atoms with van der Waals surface area (Å²) in [5, 5.41) is 5.43. The van der Waals surface area contributed by atoms with Crippen LogP contribution in [0.2, 0.25) is 0 Å². The van der Waals surface area contributed by atoms with Crippen LogP contribution >= 0.6 is 0 Å². The van der Waals surface area contributed by atoms with Crippen LogP contribution in [0, 0.1) is 6.92 Å². The Kier molecular flexibility index (Phi) is 4.67. The zero-order valence-corrected chi connectivity index (χ0v) is 13.1. The van der Waals surface area contributed by atoms with Gasteiger partial charge in [-0.25, -0.2) is 13.2 Å². The molecule has 0 aliphatic rings. The molecule has 0 bridgehead atoms. The number of hydrogen-bond donors (Lipinski definition) is 3. The largest absolute Gasteiger partial charge is 0.323 e. The molecule has 0 aromatic heterocycles. The number of para-hydroxylation sites is 1. The molecule has 22 heavy (non-hydrogen) atoms. The third-order valence-corrected chi connectivity index (χ3v) is 3.45. The third-order valence-electron chi connectivity index (χ3n) is 2.84. The third kappa shape index (κ3) is 4.78. The van der Waals surface area contributed by atoms with Crippen molar-refractivity contribution in [3.63, 3.8) is 0 Å². The first-order valence-electron chi connectivity index (χ1n) is 6.55. The van der Waals surface area contributed by atoms with E-state index in [-0.39, 0.29) is 6.03 Å². The van der Waals surface area contributed by atoms with Crippen LogP contribution in [0.5, 0.6) is 0 Å². The van der Waals surface area contributed by atoms with E-state index in [2.05, 4.69) is 15.4 Å². The van der Waals surface area contributed by atoms with Crippen molar-refractivity contribution in [3.8, 4) is 0 Å². The Morgan fingerprint density at radius 1 is 0.909 bits per heavy atom. The summed E-state index contributed by atoms with van der Waals surface area (Å²) in [7, 11) is -3.31. The molecule has 0 radical (unpaired) electrons. The first kappa shape index (κ1) is 15.8. The van der Waals surface area contributed by atoms with Gasteiger partial charge in [0.15, 0.2) is 0 Å². The lowest BCUT2D eigenvalue weighted by Crippen LogP contribution is -2.19. The SMILES string of the molecule is Cc1ccccc1NC(=O)Nc1ccc(NS(C)(=O)=O)cc1. The molecule has 2 amide bonds. The Balaban J connectivity index is 1.99. The first-order chi connectivity index (χ1) is 10.3. The lowest BCUT2D eigenvalue weighted by atomic mass is 10.2. The van der Waals surface area contributed by atoms with E-state index in [1.165, 1.54) is 0 Å². The summed E-state index contributed by atoms with van der Waals surface area (Å²) in [5.74, 6) is 0. The molecule has 0 atom stereocenters. The van der Waals surface area contributed by atoms with Crippen molar-refractivity contribution >= 4 is 33.1 Å². The van der Waals surface area contributed by atoms with E-state index >= 15 is 0 Å². The molecule has 0 aliphatic carbocycles. The smallest absolute Gasteiger partial charge is 0.308 e. The molecule has 0 saturated carbocycles. The van der Waals surface area contributed by atoms with E-state index in [0.29, 0.717) is 11.4 Å². The highest BCUT2D eigenvalue weighted by Crippen LogP contribution is 2.16. The van der Waals surface area contributed by atoms with Gasteiger partial charge in [-0.2, -0.15) is 0 Å². The van der Waals surface area contributed by atoms with Gasteiger partial charge in [-0.05, 0) is 42.8 Å². The van der Waals surface area contributed by atoms with Crippen LogP contribution in [-0.2, 0) is 10.0 Å². The van der Waals surface area contributed by atoms with E-state index < -0.39 is 10.0 Å². The summed E-state index contributed by atoms with van der Waals surface area (Å²) in [6, 6.07) is 13.5. The fourth-order valence-corrected chi connectivity index (χ4v) is 2.40. The molecule has 0 aliphatic heterocycles. The maximum absolute atomic E-state index is 11.9. The number of anilines is 3. The number of carbonyl (C=O) groups is 1. The van der Waals surface area contributed by atoms with Crippen LogP contribution < -0.4 is 15.4 Å². The first-order valence-corrected chi connectivity index (χ1v) is 8.44. The number of aryl methyl sites for hydroxylation is 1. The lowest BCUT2D eigenvalue weighted by molar-refractivity contribution is 0.262. The average molecular weight is 319 g/mol. The van der Waals surface area contributed by atoms with Gasteiger partial charge in [0.25, 0.3) is 0 Å². The second-order valence-electron chi connectivity index (χ2n) is 4.85. The number of nitrogens with one attached hydrogen (secondary N) is 3. The van der Waals surface area contributed by atoms with Crippen molar-refractivity contribution in [3.05, 3.63) is 54.1 Å². The molecule has 0 heterocycles. The number of hydrogen-bond acceptors (Lipinski definition) is 3. The van der Waals surface area contributed by atoms with Crippen LogP contribution in [0.1, 0.15) is 5.56 Å². The number of sulfonamides is 1. The lowest BCUT2D eigenvalue weighted by Gasteiger charge is -2.10. The number of benzene rings is 2. The quantitative estimate of drug-likeness (QED) is 0.809. The Labute approximate surface area is 129 Å². The van der Waals surface area contributed by atoms with Gasteiger partial charge < -0.3 is 10.6 Å². The molecule has 0 saturated heterocycles. The molecule has 6 nitrogen and oxygen atoms in total. The van der Waals surface area contributed by atoms with E-state index in [0.717, 1.165) is 17.5 Å². The molecule has 2 aromatic rings. The Morgan fingerprint density at radius 2 is 1.50 bits per heavy atom.